The van der Waals surface area contributed by atoms with Crippen molar-refractivity contribution in [3.8, 4) is 5.75 Å². The molecule has 88 valence electrons. The third kappa shape index (κ3) is 3.43. The first-order chi connectivity index (χ1) is 8.28. The van der Waals surface area contributed by atoms with E-state index >= 15 is 0 Å². The molecule has 1 aromatic carbocycles. The lowest BCUT2D eigenvalue weighted by atomic mass is 10.2. The highest BCUT2D eigenvalue weighted by Crippen LogP contribution is 2.18. The van der Waals surface area contributed by atoms with Gasteiger partial charge < -0.3 is 4.74 Å². The predicted molar refractivity (Wildman–Crippen MR) is 64.5 cm³/mol. The molecule has 0 unspecified atom stereocenters. The number of nitrogens with zero attached hydrogens (tertiary/aromatic N) is 1. The normalized spacial score (nSPS) is 10.2. The Hall–Kier alpha value is -1.61. The predicted octanol–water partition coefficient (Wildman–Crippen LogP) is 3.54. The van der Waals surface area contributed by atoms with Gasteiger partial charge >= 0.3 is 0 Å². The zero-order valence-corrected chi connectivity index (χ0v) is 9.82. The van der Waals surface area contributed by atoms with E-state index in [1.54, 1.807) is 12.3 Å². The van der Waals surface area contributed by atoms with Crippen LogP contribution in [0.15, 0.2) is 42.6 Å². The van der Waals surface area contributed by atoms with E-state index in [1.807, 2.05) is 18.2 Å². The number of ether oxygens (including phenoxy) is 1. The van der Waals surface area contributed by atoms with Crippen molar-refractivity contribution >= 4 is 11.6 Å². The third-order valence-electron chi connectivity index (χ3n) is 2.20. The summed E-state index contributed by atoms with van der Waals surface area (Å²) in [5, 5.41) is 0. The molecule has 0 atom stereocenters. The smallest absolute Gasteiger partial charge is 0.130 e. The summed E-state index contributed by atoms with van der Waals surface area (Å²) in [4.78, 5) is 4.11. The summed E-state index contributed by atoms with van der Waals surface area (Å²) in [7, 11) is 0. The zero-order chi connectivity index (χ0) is 12.1. The summed E-state index contributed by atoms with van der Waals surface area (Å²) < 4.78 is 18.6. The molecule has 17 heavy (non-hydrogen) atoms. The maximum atomic E-state index is 13.2. The van der Waals surface area contributed by atoms with E-state index < -0.39 is 0 Å². The van der Waals surface area contributed by atoms with Crippen molar-refractivity contribution in [2.75, 3.05) is 0 Å². The Morgan fingerprint density at radius 3 is 2.82 bits per heavy atom. The fraction of sp³-hybridized carbons (Fsp3) is 0.154. The molecule has 0 aliphatic heterocycles. The van der Waals surface area contributed by atoms with E-state index in [-0.39, 0.29) is 11.7 Å². The van der Waals surface area contributed by atoms with E-state index in [9.17, 15) is 4.39 Å². The Balaban J connectivity index is 2.06. The molecule has 1 heterocycles. The average Bonchev–Trinajstić information content (AvgIpc) is 2.37. The maximum Gasteiger partial charge on any atom is 0.130 e. The average molecular weight is 252 g/mol. The van der Waals surface area contributed by atoms with Gasteiger partial charge in [-0.3, -0.25) is 4.98 Å². The second kappa shape index (κ2) is 5.64. The van der Waals surface area contributed by atoms with Crippen LogP contribution in [0.5, 0.6) is 5.75 Å². The molecule has 2 rings (SSSR count). The number of halogens is 2. The topological polar surface area (TPSA) is 22.1 Å². The molecule has 0 amide bonds. The molecular formula is C13H11ClFNO. The number of aromatic nitrogens is 1. The van der Waals surface area contributed by atoms with Gasteiger partial charge in [-0.1, -0.05) is 6.07 Å². The van der Waals surface area contributed by atoms with Gasteiger partial charge in [0.05, 0.1) is 5.69 Å². The molecule has 0 saturated carbocycles. The van der Waals surface area contributed by atoms with Gasteiger partial charge in [-0.15, -0.1) is 11.6 Å². The van der Waals surface area contributed by atoms with Crippen molar-refractivity contribution in [2.45, 2.75) is 12.5 Å². The number of rotatable bonds is 4. The Kier molecular flexibility index (Phi) is 3.94. The van der Waals surface area contributed by atoms with Gasteiger partial charge in [-0.25, -0.2) is 4.39 Å². The first kappa shape index (κ1) is 11.9. The summed E-state index contributed by atoms with van der Waals surface area (Å²) in [6.45, 7) is 0.312. The minimum absolute atomic E-state index is 0.262. The lowest BCUT2D eigenvalue weighted by molar-refractivity contribution is 0.299. The van der Waals surface area contributed by atoms with Crippen LogP contribution >= 0.6 is 11.6 Å². The van der Waals surface area contributed by atoms with Gasteiger partial charge in [0, 0.05) is 18.1 Å². The van der Waals surface area contributed by atoms with E-state index in [1.165, 1.54) is 12.1 Å². The Morgan fingerprint density at radius 1 is 1.24 bits per heavy atom. The number of benzene rings is 1. The highest BCUT2D eigenvalue weighted by molar-refractivity contribution is 6.17. The fourth-order valence-corrected chi connectivity index (χ4v) is 1.58. The standard InChI is InChI=1S/C13H11ClFNO/c14-8-10-5-11(15)7-13(6-10)17-9-12-3-1-2-4-16-12/h1-7H,8-9H2. The Labute approximate surface area is 104 Å². The second-order valence-corrected chi connectivity index (χ2v) is 3.81. The van der Waals surface area contributed by atoms with Crippen molar-refractivity contribution < 1.29 is 9.13 Å². The van der Waals surface area contributed by atoms with Crippen LogP contribution in [0, 0.1) is 5.82 Å². The number of hydrogen-bond donors (Lipinski definition) is 0. The molecule has 1 aromatic heterocycles. The van der Waals surface area contributed by atoms with Gasteiger partial charge in [0.2, 0.25) is 0 Å². The Morgan fingerprint density at radius 2 is 2.12 bits per heavy atom. The van der Waals surface area contributed by atoms with Crippen LogP contribution in [-0.2, 0) is 12.5 Å². The summed E-state index contributed by atoms with van der Waals surface area (Å²) in [6, 6.07) is 10.00. The SMILES string of the molecule is Fc1cc(CCl)cc(OCc2ccccn2)c1. The van der Waals surface area contributed by atoms with Crippen LogP contribution in [0.1, 0.15) is 11.3 Å². The van der Waals surface area contributed by atoms with Crippen molar-refractivity contribution in [2.24, 2.45) is 0 Å². The van der Waals surface area contributed by atoms with Gasteiger partial charge in [0.15, 0.2) is 0 Å². The molecule has 2 aromatic rings. The van der Waals surface area contributed by atoms with Crippen LogP contribution in [0.2, 0.25) is 0 Å². The lowest BCUT2D eigenvalue weighted by Gasteiger charge is -2.07. The van der Waals surface area contributed by atoms with Crippen LogP contribution in [0.25, 0.3) is 0 Å². The highest BCUT2D eigenvalue weighted by atomic mass is 35.5. The minimum atomic E-state index is -0.348. The quantitative estimate of drug-likeness (QED) is 0.776. The van der Waals surface area contributed by atoms with Crippen molar-refractivity contribution in [3.05, 3.63) is 59.7 Å². The van der Waals surface area contributed by atoms with Gasteiger partial charge in [0.1, 0.15) is 18.2 Å². The summed E-state index contributed by atoms with van der Waals surface area (Å²) in [6.07, 6.45) is 1.69. The fourth-order valence-electron chi connectivity index (χ4n) is 1.42. The van der Waals surface area contributed by atoms with Crippen molar-refractivity contribution in [1.29, 1.82) is 0 Å². The summed E-state index contributed by atoms with van der Waals surface area (Å²) in [5.41, 5.74) is 1.49. The molecule has 0 aliphatic carbocycles. The van der Waals surface area contributed by atoms with Gasteiger partial charge in [0.25, 0.3) is 0 Å². The van der Waals surface area contributed by atoms with Crippen LogP contribution < -0.4 is 4.74 Å². The van der Waals surface area contributed by atoms with Crippen LogP contribution in [0.4, 0.5) is 4.39 Å². The second-order valence-electron chi connectivity index (χ2n) is 3.54. The van der Waals surface area contributed by atoms with E-state index in [4.69, 9.17) is 16.3 Å². The molecular weight excluding hydrogens is 241 g/mol. The molecule has 0 spiro atoms. The monoisotopic (exact) mass is 251 g/mol. The molecule has 2 nitrogen and oxygen atoms in total. The number of hydrogen-bond acceptors (Lipinski definition) is 2. The first-order valence-corrected chi connectivity index (χ1v) is 5.69. The lowest BCUT2D eigenvalue weighted by Crippen LogP contribution is -1.98. The maximum absolute atomic E-state index is 13.2. The highest BCUT2D eigenvalue weighted by Gasteiger charge is 2.02. The summed E-state index contributed by atoms with van der Waals surface area (Å²) in [5.74, 6) is 0.378. The molecule has 0 N–H and O–H groups in total. The first-order valence-electron chi connectivity index (χ1n) is 5.16. The Bertz CT molecular complexity index is 490. The van der Waals surface area contributed by atoms with Crippen LogP contribution in [-0.4, -0.2) is 4.98 Å². The zero-order valence-electron chi connectivity index (χ0n) is 9.07. The van der Waals surface area contributed by atoms with Gasteiger partial charge in [-0.2, -0.15) is 0 Å². The van der Waals surface area contributed by atoms with E-state index in [2.05, 4.69) is 4.98 Å². The van der Waals surface area contributed by atoms with Crippen molar-refractivity contribution in [1.82, 2.24) is 4.98 Å². The molecule has 0 bridgehead atoms. The third-order valence-corrected chi connectivity index (χ3v) is 2.51. The number of pyridine rings is 1. The van der Waals surface area contributed by atoms with E-state index in [0.717, 1.165) is 5.69 Å². The van der Waals surface area contributed by atoms with Crippen molar-refractivity contribution in [3.63, 3.8) is 0 Å². The molecule has 0 radical (unpaired) electrons. The van der Waals surface area contributed by atoms with Crippen LogP contribution in [0.3, 0.4) is 0 Å². The minimum Gasteiger partial charge on any atom is -0.487 e. The largest absolute Gasteiger partial charge is 0.487 e. The summed E-state index contributed by atoms with van der Waals surface area (Å²) >= 11 is 5.65. The van der Waals surface area contributed by atoms with Gasteiger partial charge in [-0.05, 0) is 29.8 Å². The molecule has 0 saturated heterocycles. The molecule has 4 heteroatoms. The molecule has 0 aliphatic rings. The number of alkyl halides is 1. The van der Waals surface area contributed by atoms with E-state index in [0.29, 0.717) is 17.9 Å². The molecule has 0 fully saturated rings.